The van der Waals surface area contributed by atoms with Crippen molar-refractivity contribution in [2.75, 3.05) is 22.4 Å². The van der Waals surface area contributed by atoms with E-state index in [0.717, 1.165) is 17.3 Å². The zero-order valence-corrected chi connectivity index (χ0v) is 14.3. The Balaban J connectivity index is 1.68. The minimum absolute atomic E-state index is 0.203. The standard InChI is InChI=1S/C17H16N4O3S/c1-25(23,24)19-13-6-4-5-12(11-13)16(22)21-10-9-20-15-8-3-2-7-14(15)18-17(20)21/h2-8,11,19H,9-10H2,1H3. The van der Waals surface area contributed by atoms with Gasteiger partial charge in [-0.2, -0.15) is 0 Å². The molecule has 1 N–H and O–H groups in total. The van der Waals surface area contributed by atoms with Gasteiger partial charge in [-0.25, -0.2) is 13.4 Å². The molecule has 0 spiro atoms. The first-order chi connectivity index (χ1) is 11.9. The first-order valence-corrected chi connectivity index (χ1v) is 9.66. The third-order valence-corrected chi connectivity index (χ3v) is 4.69. The Bertz CT molecular complexity index is 1090. The van der Waals surface area contributed by atoms with Crippen LogP contribution in [0.2, 0.25) is 0 Å². The van der Waals surface area contributed by atoms with Crippen LogP contribution in [0.3, 0.4) is 0 Å². The molecule has 2 heterocycles. The lowest BCUT2D eigenvalue weighted by Crippen LogP contribution is -2.29. The highest BCUT2D eigenvalue weighted by molar-refractivity contribution is 7.92. The fourth-order valence-corrected chi connectivity index (χ4v) is 3.62. The molecule has 0 saturated carbocycles. The second-order valence-corrected chi connectivity index (χ2v) is 7.71. The van der Waals surface area contributed by atoms with Gasteiger partial charge in [0.25, 0.3) is 5.91 Å². The summed E-state index contributed by atoms with van der Waals surface area (Å²) in [4.78, 5) is 19.1. The van der Waals surface area contributed by atoms with E-state index in [1.54, 1.807) is 23.1 Å². The van der Waals surface area contributed by atoms with Gasteiger partial charge in [0.1, 0.15) is 0 Å². The number of hydrogen-bond donors (Lipinski definition) is 1. The van der Waals surface area contributed by atoms with Crippen molar-refractivity contribution in [2.45, 2.75) is 6.54 Å². The summed E-state index contributed by atoms with van der Waals surface area (Å²) in [5, 5.41) is 0. The molecule has 2 aromatic carbocycles. The summed E-state index contributed by atoms with van der Waals surface area (Å²) in [6, 6.07) is 14.2. The lowest BCUT2D eigenvalue weighted by molar-refractivity contribution is 0.0989. The molecule has 0 unspecified atom stereocenters. The molecule has 7 nitrogen and oxygen atoms in total. The predicted molar refractivity (Wildman–Crippen MR) is 96.3 cm³/mol. The van der Waals surface area contributed by atoms with E-state index in [9.17, 15) is 13.2 Å². The van der Waals surface area contributed by atoms with E-state index in [-0.39, 0.29) is 5.91 Å². The van der Waals surface area contributed by atoms with Gasteiger partial charge in [0, 0.05) is 24.3 Å². The predicted octanol–water partition coefficient (Wildman–Crippen LogP) is 2.07. The van der Waals surface area contributed by atoms with Gasteiger partial charge in [-0.05, 0) is 30.3 Å². The molecule has 0 aliphatic carbocycles. The third-order valence-electron chi connectivity index (χ3n) is 4.08. The normalized spacial score (nSPS) is 13.9. The van der Waals surface area contributed by atoms with E-state index in [1.165, 1.54) is 6.07 Å². The largest absolute Gasteiger partial charge is 0.308 e. The van der Waals surface area contributed by atoms with Gasteiger partial charge in [-0.3, -0.25) is 14.4 Å². The Morgan fingerprint density at radius 3 is 2.72 bits per heavy atom. The van der Waals surface area contributed by atoms with E-state index in [4.69, 9.17) is 0 Å². The van der Waals surface area contributed by atoms with Crippen LogP contribution in [0.1, 0.15) is 10.4 Å². The maximum absolute atomic E-state index is 12.9. The average molecular weight is 356 g/mol. The second kappa shape index (κ2) is 5.59. The van der Waals surface area contributed by atoms with Crippen molar-refractivity contribution >= 4 is 38.6 Å². The molecule has 4 rings (SSSR count). The van der Waals surface area contributed by atoms with Gasteiger partial charge in [-0.1, -0.05) is 18.2 Å². The van der Waals surface area contributed by atoms with Crippen molar-refractivity contribution in [3.8, 4) is 0 Å². The topological polar surface area (TPSA) is 84.3 Å². The number of aromatic nitrogens is 2. The number of para-hydroxylation sites is 2. The van der Waals surface area contributed by atoms with Crippen molar-refractivity contribution in [3.05, 3.63) is 54.1 Å². The molecule has 0 saturated heterocycles. The molecule has 1 aliphatic rings. The number of anilines is 2. The van der Waals surface area contributed by atoms with Crippen LogP contribution < -0.4 is 9.62 Å². The van der Waals surface area contributed by atoms with Gasteiger partial charge >= 0.3 is 0 Å². The Hall–Kier alpha value is -2.87. The molecule has 25 heavy (non-hydrogen) atoms. The molecule has 0 bridgehead atoms. The highest BCUT2D eigenvalue weighted by Gasteiger charge is 2.29. The number of carbonyl (C=O) groups excluding carboxylic acids is 1. The number of imidazole rings is 1. The first kappa shape index (κ1) is 15.6. The molecule has 3 aromatic rings. The highest BCUT2D eigenvalue weighted by Crippen LogP contribution is 2.28. The van der Waals surface area contributed by atoms with Crippen molar-refractivity contribution < 1.29 is 13.2 Å². The molecule has 0 radical (unpaired) electrons. The van der Waals surface area contributed by atoms with Crippen LogP contribution in [0.5, 0.6) is 0 Å². The Morgan fingerprint density at radius 1 is 1.12 bits per heavy atom. The second-order valence-electron chi connectivity index (χ2n) is 5.96. The monoisotopic (exact) mass is 356 g/mol. The molecule has 128 valence electrons. The van der Waals surface area contributed by atoms with Crippen LogP contribution in [0.25, 0.3) is 11.0 Å². The Labute approximate surface area is 144 Å². The summed E-state index contributed by atoms with van der Waals surface area (Å²) in [6.07, 6.45) is 1.07. The zero-order chi connectivity index (χ0) is 17.6. The fraction of sp³-hybridized carbons (Fsp3) is 0.176. The van der Waals surface area contributed by atoms with Gasteiger partial charge < -0.3 is 4.57 Å². The van der Waals surface area contributed by atoms with E-state index in [1.807, 2.05) is 28.8 Å². The number of rotatable bonds is 3. The molecule has 8 heteroatoms. The van der Waals surface area contributed by atoms with E-state index in [0.29, 0.717) is 30.3 Å². The number of sulfonamides is 1. The molecular weight excluding hydrogens is 340 g/mol. The number of amides is 1. The van der Waals surface area contributed by atoms with Crippen LogP contribution in [0.4, 0.5) is 11.6 Å². The number of nitrogens with one attached hydrogen (secondary N) is 1. The maximum Gasteiger partial charge on any atom is 0.260 e. The number of carbonyl (C=O) groups is 1. The van der Waals surface area contributed by atoms with Crippen LogP contribution in [-0.4, -0.2) is 36.7 Å². The van der Waals surface area contributed by atoms with Crippen molar-refractivity contribution in [2.24, 2.45) is 0 Å². The van der Waals surface area contributed by atoms with Crippen LogP contribution in [0, 0.1) is 0 Å². The summed E-state index contributed by atoms with van der Waals surface area (Å²) < 4.78 is 27.2. The summed E-state index contributed by atoms with van der Waals surface area (Å²) in [5.74, 6) is 0.416. The van der Waals surface area contributed by atoms with E-state index < -0.39 is 10.0 Å². The number of nitrogens with zero attached hydrogens (tertiary/aromatic N) is 3. The smallest absolute Gasteiger partial charge is 0.260 e. The SMILES string of the molecule is CS(=O)(=O)Nc1cccc(C(=O)N2CCn3c2nc2ccccc23)c1. The number of hydrogen-bond acceptors (Lipinski definition) is 4. The van der Waals surface area contributed by atoms with Crippen LogP contribution in [-0.2, 0) is 16.6 Å². The fourth-order valence-electron chi connectivity index (χ4n) is 3.07. The molecule has 0 fully saturated rings. The molecule has 1 amide bonds. The van der Waals surface area contributed by atoms with Gasteiger partial charge in [-0.15, -0.1) is 0 Å². The first-order valence-electron chi connectivity index (χ1n) is 7.77. The van der Waals surface area contributed by atoms with Gasteiger partial charge in [0.05, 0.1) is 17.3 Å². The molecular formula is C17H16N4O3S. The van der Waals surface area contributed by atoms with Gasteiger partial charge in [0.2, 0.25) is 16.0 Å². The molecule has 1 aromatic heterocycles. The minimum atomic E-state index is -3.40. The van der Waals surface area contributed by atoms with Gasteiger partial charge in [0.15, 0.2) is 0 Å². The quantitative estimate of drug-likeness (QED) is 0.779. The van der Waals surface area contributed by atoms with Crippen LogP contribution >= 0.6 is 0 Å². The van der Waals surface area contributed by atoms with Crippen molar-refractivity contribution in [3.63, 3.8) is 0 Å². The summed E-state index contributed by atoms with van der Waals surface area (Å²) in [6.45, 7) is 1.22. The molecule has 0 atom stereocenters. The number of fused-ring (bicyclic) bond motifs is 3. The summed E-state index contributed by atoms with van der Waals surface area (Å²) in [7, 11) is -3.40. The van der Waals surface area contributed by atoms with Crippen molar-refractivity contribution in [1.82, 2.24) is 9.55 Å². The van der Waals surface area contributed by atoms with Crippen molar-refractivity contribution in [1.29, 1.82) is 0 Å². The third kappa shape index (κ3) is 2.85. The van der Waals surface area contributed by atoms with E-state index >= 15 is 0 Å². The van der Waals surface area contributed by atoms with Crippen LogP contribution in [0.15, 0.2) is 48.5 Å². The highest BCUT2D eigenvalue weighted by atomic mass is 32.2. The zero-order valence-electron chi connectivity index (χ0n) is 13.5. The van der Waals surface area contributed by atoms with E-state index in [2.05, 4.69) is 9.71 Å². The average Bonchev–Trinajstić information content (AvgIpc) is 3.12. The lowest BCUT2D eigenvalue weighted by atomic mass is 10.2. The Kier molecular flexibility index (Phi) is 3.50. The summed E-state index contributed by atoms with van der Waals surface area (Å²) in [5.41, 5.74) is 2.62. The molecule has 1 aliphatic heterocycles. The lowest BCUT2D eigenvalue weighted by Gasteiger charge is -2.14. The summed E-state index contributed by atoms with van der Waals surface area (Å²) >= 11 is 0. The Morgan fingerprint density at radius 2 is 1.92 bits per heavy atom. The minimum Gasteiger partial charge on any atom is -0.308 e. The number of benzene rings is 2. The maximum atomic E-state index is 12.9.